The van der Waals surface area contributed by atoms with Gasteiger partial charge in [0.05, 0.1) is 24.3 Å². The first-order valence-electron chi connectivity index (χ1n) is 6.58. The normalized spacial score (nSPS) is 14.2. The number of rotatable bonds is 5. The van der Waals surface area contributed by atoms with Gasteiger partial charge in [-0.05, 0) is 19.1 Å². The molecule has 1 aromatic carbocycles. The summed E-state index contributed by atoms with van der Waals surface area (Å²) in [5, 5.41) is 2.80. The molecule has 6 heteroatoms. The van der Waals surface area contributed by atoms with E-state index in [2.05, 4.69) is 5.32 Å². The minimum absolute atomic E-state index is 0.00165. The molecular formula is C15H16N2O4. The number of carbonyl (C=O) groups excluding carboxylic acids is 3. The number of fused-ring (bicyclic) bond motifs is 1. The fourth-order valence-electron chi connectivity index (χ4n) is 2.08. The maximum absolute atomic E-state index is 12.2. The van der Waals surface area contributed by atoms with Gasteiger partial charge in [0.25, 0.3) is 11.8 Å². The fourth-order valence-corrected chi connectivity index (χ4v) is 2.08. The summed E-state index contributed by atoms with van der Waals surface area (Å²) in [6.07, 6.45) is 1.24. The molecule has 0 saturated heterocycles. The van der Waals surface area contributed by atoms with Crippen LogP contribution in [0.3, 0.4) is 0 Å². The van der Waals surface area contributed by atoms with E-state index in [1.165, 1.54) is 6.08 Å². The third kappa shape index (κ3) is 2.94. The first kappa shape index (κ1) is 14.8. The van der Waals surface area contributed by atoms with Crippen LogP contribution in [0.25, 0.3) is 0 Å². The molecular weight excluding hydrogens is 272 g/mol. The zero-order valence-corrected chi connectivity index (χ0v) is 11.9. The number of nitrogens with one attached hydrogen (secondary N) is 1. The van der Waals surface area contributed by atoms with Gasteiger partial charge in [-0.3, -0.25) is 14.5 Å². The quantitative estimate of drug-likeness (QED) is 0.496. The van der Waals surface area contributed by atoms with Crippen molar-refractivity contribution in [2.45, 2.75) is 6.92 Å². The van der Waals surface area contributed by atoms with Crippen molar-refractivity contribution in [3.63, 3.8) is 0 Å². The van der Waals surface area contributed by atoms with Crippen molar-refractivity contribution in [3.05, 3.63) is 47.2 Å². The maximum Gasteiger partial charge on any atom is 0.332 e. The number of carbonyl (C=O) groups is 3. The second kappa shape index (κ2) is 6.21. The van der Waals surface area contributed by atoms with Gasteiger partial charge >= 0.3 is 5.97 Å². The second-order valence-electron chi connectivity index (χ2n) is 4.41. The standard InChI is InChI=1S/C15H16N2O4/c1-3-21-13(18)8-10(16-2)9-17-14(19)11-6-4-5-7-12(11)15(17)20/h4-8,16H,3,9H2,1-2H3. The molecule has 1 aromatic rings. The van der Waals surface area contributed by atoms with E-state index in [1.54, 1.807) is 38.2 Å². The molecule has 1 N–H and O–H groups in total. The van der Waals surface area contributed by atoms with Crippen LogP contribution in [-0.4, -0.2) is 42.9 Å². The van der Waals surface area contributed by atoms with Crippen molar-refractivity contribution >= 4 is 17.8 Å². The van der Waals surface area contributed by atoms with Crippen LogP contribution < -0.4 is 5.32 Å². The lowest BCUT2D eigenvalue weighted by molar-refractivity contribution is -0.137. The topological polar surface area (TPSA) is 75.7 Å². The molecule has 2 rings (SSSR count). The van der Waals surface area contributed by atoms with Crippen molar-refractivity contribution in [2.24, 2.45) is 0 Å². The van der Waals surface area contributed by atoms with Gasteiger partial charge in [0, 0.05) is 18.8 Å². The highest BCUT2D eigenvalue weighted by Crippen LogP contribution is 2.22. The minimum atomic E-state index is -0.515. The summed E-state index contributed by atoms with van der Waals surface area (Å²) in [6.45, 7) is 1.97. The lowest BCUT2D eigenvalue weighted by atomic mass is 10.1. The smallest absolute Gasteiger partial charge is 0.332 e. The van der Waals surface area contributed by atoms with Gasteiger partial charge in [-0.2, -0.15) is 0 Å². The molecule has 6 nitrogen and oxygen atoms in total. The highest BCUT2D eigenvalue weighted by molar-refractivity contribution is 6.21. The van der Waals surface area contributed by atoms with Gasteiger partial charge in [-0.25, -0.2) is 4.79 Å². The molecule has 2 amide bonds. The number of benzene rings is 1. The molecule has 0 radical (unpaired) electrons. The van der Waals surface area contributed by atoms with E-state index in [0.717, 1.165) is 4.90 Å². The summed E-state index contributed by atoms with van der Waals surface area (Å²) in [4.78, 5) is 37.0. The van der Waals surface area contributed by atoms with Crippen molar-refractivity contribution < 1.29 is 19.1 Å². The lowest BCUT2D eigenvalue weighted by Gasteiger charge is -2.16. The Balaban J connectivity index is 2.19. The zero-order chi connectivity index (χ0) is 15.4. The molecule has 0 bridgehead atoms. The molecule has 0 unspecified atom stereocenters. The average Bonchev–Trinajstić information content (AvgIpc) is 2.72. The Morgan fingerprint density at radius 3 is 2.29 bits per heavy atom. The predicted octanol–water partition coefficient (Wildman–Crippen LogP) is 0.949. The van der Waals surface area contributed by atoms with E-state index in [0.29, 0.717) is 16.8 Å². The van der Waals surface area contributed by atoms with E-state index in [4.69, 9.17) is 4.74 Å². The molecule has 1 aliphatic heterocycles. The molecule has 0 aromatic heterocycles. The van der Waals surface area contributed by atoms with Crippen LogP contribution in [0.1, 0.15) is 27.6 Å². The van der Waals surface area contributed by atoms with Crippen molar-refractivity contribution in [3.8, 4) is 0 Å². The Morgan fingerprint density at radius 1 is 1.24 bits per heavy atom. The Morgan fingerprint density at radius 2 is 1.81 bits per heavy atom. The molecule has 0 fully saturated rings. The number of imide groups is 1. The van der Waals surface area contributed by atoms with Crippen LogP contribution in [0.4, 0.5) is 0 Å². The van der Waals surface area contributed by atoms with Gasteiger partial charge in [0.1, 0.15) is 0 Å². The van der Waals surface area contributed by atoms with Gasteiger partial charge in [-0.1, -0.05) is 12.1 Å². The first-order valence-corrected chi connectivity index (χ1v) is 6.58. The van der Waals surface area contributed by atoms with Gasteiger partial charge in [0.2, 0.25) is 0 Å². The van der Waals surface area contributed by atoms with Crippen molar-refractivity contribution in [1.82, 2.24) is 10.2 Å². The maximum atomic E-state index is 12.2. The van der Waals surface area contributed by atoms with E-state index in [1.807, 2.05) is 0 Å². The number of nitrogens with zero attached hydrogens (tertiary/aromatic N) is 1. The summed E-state index contributed by atoms with van der Waals surface area (Å²) >= 11 is 0. The van der Waals surface area contributed by atoms with E-state index in [9.17, 15) is 14.4 Å². The van der Waals surface area contributed by atoms with E-state index in [-0.39, 0.29) is 25.0 Å². The number of ether oxygens (including phenoxy) is 1. The number of hydrogen-bond acceptors (Lipinski definition) is 5. The highest BCUT2D eigenvalue weighted by atomic mass is 16.5. The SMILES string of the molecule is CCOC(=O)C=C(CN1C(=O)c2ccccc2C1=O)NC. The summed E-state index contributed by atoms with van der Waals surface area (Å²) in [5.74, 6) is -1.24. The van der Waals surface area contributed by atoms with Crippen LogP contribution in [0.15, 0.2) is 36.0 Å². The third-order valence-electron chi connectivity index (χ3n) is 3.11. The number of amides is 2. The monoisotopic (exact) mass is 288 g/mol. The van der Waals surface area contributed by atoms with Crippen molar-refractivity contribution in [1.29, 1.82) is 0 Å². The summed E-state index contributed by atoms with van der Waals surface area (Å²) in [7, 11) is 1.61. The van der Waals surface area contributed by atoms with Crippen LogP contribution in [0, 0.1) is 0 Å². The zero-order valence-electron chi connectivity index (χ0n) is 11.9. The lowest BCUT2D eigenvalue weighted by Crippen LogP contribution is -2.34. The fraction of sp³-hybridized carbons (Fsp3) is 0.267. The summed E-state index contributed by atoms with van der Waals surface area (Å²) in [5.41, 5.74) is 1.20. The van der Waals surface area contributed by atoms with E-state index >= 15 is 0 Å². The van der Waals surface area contributed by atoms with E-state index < -0.39 is 5.97 Å². The minimum Gasteiger partial charge on any atom is -0.463 e. The molecule has 110 valence electrons. The molecule has 0 spiro atoms. The Labute approximate surface area is 122 Å². The molecule has 0 aliphatic carbocycles. The summed E-state index contributed by atoms with van der Waals surface area (Å²) < 4.78 is 4.81. The molecule has 0 atom stereocenters. The Kier molecular flexibility index (Phi) is 4.37. The van der Waals surface area contributed by atoms with Crippen LogP contribution >= 0.6 is 0 Å². The largest absolute Gasteiger partial charge is 0.463 e. The number of hydrogen-bond donors (Lipinski definition) is 1. The van der Waals surface area contributed by atoms with Crippen molar-refractivity contribution in [2.75, 3.05) is 20.2 Å². The van der Waals surface area contributed by atoms with Crippen LogP contribution in [0.5, 0.6) is 0 Å². The molecule has 1 heterocycles. The Bertz CT molecular complexity index is 587. The van der Waals surface area contributed by atoms with Gasteiger partial charge in [-0.15, -0.1) is 0 Å². The average molecular weight is 288 g/mol. The first-order chi connectivity index (χ1) is 10.1. The third-order valence-corrected chi connectivity index (χ3v) is 3.11. The van der Waals surface area contributed by atoms with Gasteiger partial charge in [0.15, 0.2) is 0 Å². The van der Waals surface area contributed by atoms with Gasteiger partial charge < -0.3 is 10.1 Å². The molecule has 21 heavy (non-hydrogen) atoms. The van der Waals surface area contributed by atoms with Crippen LogP contribution in [-0.2, 0) is 9.53 Å². The Hall–Kier alpha value is -2.63. The number of esters is 1. The second-order valence-corrected chi connectivity index (χ2v) is 4.41. The summed E-state index contributed by atoms with van der Waals surface area (Å²) in [6, 6.07) is 6.65. The highest BCUT2D eigenvalue weighted by Gasteiger charge is 2.35. The predicted molar refractivity (Wildman–Crippen MR) is 75.6 cm³/mol. The number of likely N-dealkylation sites (N-methyl/N-ethyl adjacent to an activating group) is 1. The molecule has 0 saturated carbocycles. The molecule has 1 aliphatic rings. The van der Waals surface area contributed by atoms with Crippen LogP contribution in [0.2, 0.25) is 0 Å².